The summed E-state index contributed by atoms with van der Waals surface area (Å²) < 4.78 is 0. The SMILES string of the molecule is CN(C)CC(=O)N1CCC[C@@H]1[C@H]1CCCC[C@H]1O. The molecular weight excluding hydrogens is 228 g/mol. The molecule has 4 heteroatoms. The Labute approximate surface area is 110 Å². The van der Waals surface area contributed by atoms with Gasteiger partial charge in [0.05, 0.1) is 12.6 Å². The molecule has 2 rings (SSSR count). The van der Waals surface area contributed by atoms with Gasteiger partial charge in [0, 0.05) is 18.5 Å². The molecule has 18 heavy (non-hydrogen) atoms. The molecule has 0 radical (unpaired) electrons. The molecule has 3 atom stereocenters. The predicted molar refractivity (Wildman–Crippen MR) is 71.3 cm³/mol. The molecule has 104 valence electrons. The zero-order valence-corrected chi connectivity index (χ0v) is 11.6. The molecule has 1 saturated heterocycles. The van der Waals surface area contributed by atoms with E-state index in [1.165, 1.54) is 6.42 Å². The lowest BCUT2D eigenvalue weighted by Gasteiger charge is -2.37. The number of rotatable bonds is 3. The number of amides is 1. The van der Waals surface area contributed by atoms with Gasteiger partial charge in [-0.1, -0.05) is 12.8 Å². The highest BCUT2D eigenvalue weighted by atomic mass is 16.3. The number of carbonyl (C=O) groups is 1. The van der Waals surface area contributed by atoms with Gasteiger partial charge in [-0.15, -0.1) is 0 Å². The fourth-order valence-corrected chi connectivity index (χ4v) is 3.50. The molecule has 1 aliphatic carbocycles. The molecule has 0 aromatic carbocycles. The van der Waals surface area contributed by atoms with Crippen molar-refractivity contribution < 1.29 is 9.90 Å². The van der Waals surface area contributed by atoms with E-state index in [9.17, 15) is 9.90 Å². The molecule has 0 aromatic heterocycles. The minimum absolute atomic E-state index is 0.198. The van der Waals surface area contributed by atoms with Crippen molar-refractivity contribution in [2.45, 2.75) is 50.7 Å². The Hall–Kier alpha value is -0.610. The van der Waals surface area contributed by atoms with Gasteiger partial charge in [0.15, 0.2) is 0 Å². The van der Waals surface area contributed by atoms with E-state index in [4.69, 9.17) is 0 Å². The first kappa shape index (κ1) is 13.8. The van der Waals surface area contributed by atoms with Crippen LogP contribution in [-0.2, 0) is 4.79 Å². The maximum Gasteiger partial charge on any atom is 0.236 e. The van der Waals surface area contributed by atoms with E-state index in [2.05, 4.69) is 0 Å². The predicted octanol–water partition coefficient (Wildman–Crippen LogP) is 1.09. The summed E-state index contributed by atoms with van der Waals surface area (Å²) in [6.45, 7) is 1.36. The van der Waals surface area contributed by atoms with E-state index in [1.54, 1.807) is 0 Å². The van der Waals surface area contributed by atoms with Crippen LogP contribution in [0.25, 0.3) is 0 Å². The Kier molecular flexibility index (Phi) is 4.62. The van der Waals surface area contributed by atoms with E-state index in [0.29, 0.717) is 12.5 Å². The number of carbonyl (C=O) groups excluding carboxylic acids is 1. The fourth-order valence-electron chi connectivity index (χ4n) is 3.50. The van der Waals surface area contributed by atoms with Crippen LogP contribution in [0.4, 0.5) is 0 Å². The maximum atomic E-state index is 12.2. The van der Waals surface area contributed by atoms with Crippen molar-refractivity contribution in [3.05, 3.63) is 0 Å². The van der Waals surface area contributed by atoms with E-state index < -0.39 is 0 Å². The molecule has 1 amide bonds. The lowest BCUT2D eigenvalue weighted by atomic mass is 9.80. The van der Waals surface area contributed by atoms with Crippen LogP contribution in [0.3, 0.4) is 0 Å². The largest absolute Gasteiger partial charge is 0.393 e. The molecule has 0 aromatic rings. The van der Waals surface area contributed by atoms with Crippen LogP contribution in [-0.4, -0.2) is 60.1 Å². The lowest BCUT2D eigenvalue weighted by molar-refractivity contribution is -0.134. The molecule has 2 aliphatic rings. The molecule has 1 heterocycles. The van der Waals surface area contributed by atoms with Gasteiger partial charge in [0.25, 0.3) is 0 Å². The monoisotopic (exact) mass is 254 g/mol. The highest BCUT2D eigenvalue weighted by Crippen LogP contribution is 2.34. The Balaban J connectivity index is 2.00. The third kappa shape index (κ3) is 3.04. The van der Waals surface area contributed by atoms with Crippen LogP contribution >= 0.6 is 0 Å². The molecule has 0 spiro atoms. The van der Waals surface area contributed by atoms with Gasteiger partial charge in [0.2, 0.25) is 5.91 Å². The standard InChI is InChI=1S/C14H26N2O2/c1-15(2)10-14(18)16-9-5-7-12(16)11-6-3-4-8-13(11)17/h11-13,17H,3-10H2,1-2H3/t11-,12-,13-/m1/s1. The summed E-state index contributed by atoms with van der Waals surface area (Å²) in [5.74, 6) is 0.535. The molecule has 0 bridgehead atoms. The third-order valence-electron chi connectivity index (χ3n) is 4.35. The average Bonchev–Trinajstić information content (AvgIpc) is 2.77. The van der Waals surface area contributed by atoms with Crippen molar-refractivity contribution in [2.75, 3.05) is 27.2 Å². The zero-order valence-electron chi connectivity index (χ0n) is 11.6. The number of hydrogen-bond donors (Lipinski definition) is 1. The first-order valence-electron chi connectivity index (χ1n) is 7.22. The topological polar surface area (TPSA) is 43.8 Å². The van der Waals surface area contributed by atoms with Crippen LogP contribution in [0.2, 0.25) is 0 Å². The van der Waals surface area contributed by atoms with Gasteiger partial charge in [-0.3, -0.25) is 4.79 Å². The van der Waals surface area contributed by atoms with Gasteiger partial charge < -0.3 is 14.9 Å². The molecule has 1 aliphatic heterocycles. The van der Waals surface area contributed by atoms with Crippen molar-refractivity contribution in [1.82, 2.24) is 9.80 Å². The second-order valence-electron chi connectivity index (χ2n) is 6.05. The molecule has 4 nitrogen and oxygen atoms in total. The summed E-state index contributed by atoms with van der Waals surface area (Å²) in [5, 5.41) is 10.2. The van der Waals surface area contributed by atoms with Crippen molar-refractivity contribution in [2.24, 2.45) is 5.92 Å². The minimum Gasteiger partial charge on any atom is -0.393 e. The van der Waals surface area contributed by atoms with E-state index >= 15 is 0 Å². The highest BCUT2D eigenvalue weighted by Gasteiger charge is 2.38. The van der Waals surface area contributed by atoms with E-state index in [0.717, 1.165) is 38.6 Å². The Morgan fingerprint density at radius 2 is 1.94 bits per heavy atom. The van der Waals surface area contributed by atoms with E-state index in [1.807, 2.05) is 23.9 Å². The normalized spacial score (nSPS) is 33.1. The summed E-state index contributed by atoms with van der Waals surface area (Å²) in [6, 6.07) is 0.285. The van der Waals surface area contributed by atoms with Crippen molar-refractivity contribution in [1.29, 1.82) is 0 Å². The molecular formula is C14H26N2O2. The fraction of sp³-hybridized carbons (Fsp3) is 0.929. The van der Waals surface area contributed by atoms with Gasteiger partial charge >= 0.3 is 0 Å². The number of aliphatic hydroxyl groups excluding tert-OH is 1. The summed E-state index contributed by atoms with van der Waals surface area (Å²) in [4.78, 5) is 16.2. The van der Waals surface area contributed by atoms with Gasteiger partial charge in [-0.25, -0.2) is 0 Å². The van der Waals surface area contributed by atoms with Crippen molar-refractivity contribution in [3.8, 4) is 0 Å². The third-order valence-corrected chi connectivity index (χ3v) is 4.35. The quantitative estimate of drug-likeness (QED) is 0.820. The molecule has 1 saturated carbocycles. The summed E-state index contributed by atoms with van der Waals surface area (Å²) in [5.41, 5.74) is 0. The smallest absolute Gasteiger partial charge is 0.236 e. The molecule has 2 fully saturated rings. The Morgan fingerprint density at radius 1 is 1.22 bits per heavy atom. The summed E-state index contributed by atoms with van der Waals surface area (Å²) in [6.07, 6.45) is 6.29. The summed E-state index contributed by atoms with van der Waals surface area (Å²) in [7, 11) is 3.86. The van der Waals surface area contributed by atoms with Crippen molar-refractivity contribution >= 4 is 5.91 Å². The molecule has 0 unspecified atom stereocenters. The second-order valence-corrected chi connectivity index (χ2v) is 6.05. The lowest BCUT2D eigenvalue weighted by Crippen LogP contribution is -2.47. The van der Waals surface area contributed by atoms with Gasteiger partial charge in [-0.2, -0.15) is 0 Å². The minimum atomic E-state index is -0.198. The number of likely N-dealkylation sites (tertiary alicyclic amines) is 1. The van der Waals surface area contributed by atoms with Crippen LogP contribution in [0.15, 0.2) is 0 Å². The highest BCUT2D eigenvalue weighted by molar-refractivity contribution is 5.78. The van der Waals surface area contributed by atoms with Crippen molar-refractivity contribution in [3.63, 3.8) is 0 Å². The number of likely N-dealkylation sites (N-methyl/N-ethyl adjacent to an activating group) is 1. The Morgan fingerprint density at radius 3 is 2.61 bits per heavy atom. The second kappa shape index (κ2) is 6.02. The first-order chi connectivity index (χ1) is 8.59. The molecule has 1 N–H and O–H groups in total. The first-order valence-corrected chi connectivity index (χ1v) is 7.22. The summed E-state index contributed by atoms with van der Waals surface area (Å²) >= 11 is 0. The zero-order chi connectivity index (χ0) is 13.1. The number of nitrogens with zero attached hydrogens (tertiary/aromatic N) is 2. The number of hydrogen-bond acceptors (Lipinski definition) is 3. The van der Waals surface area contributed by atoms with Crippen LogP contribution < -0.4 is 0 Å². The van der Waals surface area contributed by atoms with Gasteiger partial charge in [-0.05, 0) is 39.8 Å². The van der Waals surface area contributed by atoms with Crippen LogP contribution in [0.5, 0.6) is 0 Å². The van der Waals surface area contributed by atoms with Crippen LogP contribution in [0, 0.1) is 5.92 Å². The average molecular weight is 254 g/mol. The number of aliphatic hydroxyl groups is 1. The van der Waals surface area contributed by atoms with Gasteiger partial charge in [0.1, 0.15) is 0 Å². The Bertz CT molecular complexity index is 294. The maximum absolute atomic E-state index is 12.2. The van der Waals surface area contributed by atoms with Crippen LogP contribution in [0.1, 0.15) is 38.5 Å². The van der Waals surface area contributed by atoms with E-state index in [-0.39, 0.29) is 18.1 Å².